The molecule has 0 saturated heterocycles. The highest BCUT2D eigenvalue weighted by Gasteiger charge is 2.10. The summed E-state index contributed by atoms with van der Waals surface area (Å²) in [5.74, 6) is 1.14. The summed E-state index contributed by atoms with van der Waals surface area (Å²) in [5, 5.41) is 2.07. The van der Waals surface area contributed by atoms with Gasteiger partial charge >= 0.3 is 5.97 Å². The topological polar surface area (TPSA) is 35.5 Å². The molecule has 0 aliphatic heterocycles. The summed E-state index contributed by atoms with van der Waals surface area (Å²) in [5.41, 5.74) is 1.85. The Kier molecular flexibility index (Phi) is 12.4. The number of carbonyl (C=O) groups excluding carboxylic acids is 1. The molecule has 0 heterocycles. The first-order valence-corrected chi connectivity index (χ1v) is 14.2. The number of ether oxygens (including phenoxy) is 2. The third-order valence-electron chi connectivity index (χ3n) is 6.77. The highest BCUT2D eigenvalue weighted by molar-refractivity contribution is 5.96. The van der Waals surface area contributed by atoms with Gasteiger partial charge in [0.25, 0.3) is 0 Å². The van der Waals surface area contributed by atoms with Crippen molar-refractivity contribution in [1.29, 1.82) is 0 Å². The number of aryl methyl sites for hydroxylation is 1. The number of hydrogen-bond acceptors (Lipinski definition) is 3. The Bertz CT molecular complexity index is 1040. The van der Waals surface area contributed by atoms with Gasteiger partial charge in [0.05, 0.1) is 12.2 Å². The zero-order valence-electron chi connectivity index (χ0n) is 22.4. The van der Waals surface area contributed by atoms with Crippen LogP contribution in [-0.2, 0) is 6.42 Å². The van der Waals surface area contributed by atoms with Crippen molar-refractivity contribution in [3.63, 3.8) is 0 Å². The fourth-order valence-corrected chi connectivity index (χ4v) is 4.51. The normalized spacial score (nSPS) is 11.1. The summed E-state index contributed by atoms with van der Waals surface area (Å²) >= 11 is 0. The van der Waals surface area contributed by atoms with E-state index in [9.17, 15) is 4.79 Å². The number of rotatable bonds is 17. The molecule has 0 aliphatic carbocycles. The number of hydrogen-bond donors (Lipinski definition) is 0. The van der Waals surface area contributed by atoms with E-state index in [2.05, 4.69) is 26.0 Å². The molecule has 3 rings (SSSR count). The summed E-state index contributed by atoms with van der Waals surface area (Å²) in [4.78, 5) is 12.7. The smallest absolute Gasteiger partial charge is 0.343 e. The van der Waals surface area contributed by atoms with E-state index in [4.69, 9.17) is 9.47 Å². The standard InChI is InChI=1S/C33H44O3/c1-3-5-7-9-11-13-15-27-16-21-31(22-17-27)36-33(34)30-19-18-29-26-32(23-20-28(29)25-30)35-24-14-12-10-8-6-4-2/h16-23,25-26H,3-15,24H2,1-2H3. The van der Waals surface area contributed by atoms with Gasteiger partial charge in [0.15, 0.2) is 0 Å². The van der Waals surface area contributed by atoms with Crippen molar-refractivity contribution in [2.45, 2.75) is 97.3 Å². The number of unbranched alkanes of at least 4 members (excludes halogenated alkanes) is 10. The molecule has 0 unspecified atom stereocenters. The summed E-state index contributed by atoms with van der Waals surface area (Å²) in [6.07, 6.45) is 16.4. The van der Waals surface area contributed by atoms with E-state index in [0.29, 0.717) is 11.3 Å². The van der Waals surface area contributed by atoms with Crippen molar-refractivity contribution in [3.05, 3.63) is 71.8 Å². The highest BCUT2D eigenvalue weighted by atomic mass is 16.5. The molecule has 0 aliphatic rings. The van der Waals surface area contributed by atoms with Crippen LogP contribution >= 0.6 is 0 Å². The SMILES string of the molecule is CCCCCCCCOc1ccc2cc(C(=O)Oc3ccc(CCCCCCCC)cc3)ccc2c1. The van der Waals surface area contributed by atoms with Gasteiger partial charge in [0.2, 0.25) is 0 Å². The first-order chi connectivity index (χ1) is 17.7. The number of esters is 1. The van der Waals surface area contributed by atoms with Gasteiger partial charge < -0.3 is 9.47 Å². The molecule has 0 radical (unpaired) electrons. The van der Waals surface area contributed by atoms with E-state index in [1.54, 1.807) is 0 Å². The molecule has 0 fully saturated rings. The van der Waals surface area contributed by atoms with Crippen LogP contribution in [0.3, 0.4) is 0 Å². The minimum atomic E-state index is -0.330. The van der Waals surface area contributed by atoms with Gasteiger partial charge in [-0.05, 0) is 72.0 Å². The summed E-state index contributed by atoms with van der Waals surface area (Å²) in [6, 6.07) is 19.7. The number of fused-ring (bicyclic) bond motifs is 1. The monoisotopic (exact) mass is 488 g/mol. The molecular weight excluding hydrogens is 444 g/mol. The minimum absolute atomic E-state index is 0.330. The Morgan fingerprint density at radius 2 is 1.19 bits per heavy atom. The van der Waals surface area contributed by atoms with Crippen LogP contribution in [0.4, 0.5) is 0 Å². The van der Waals surface area contributed by atoms with E-state index in [-0.39, 0.29) is 5.97 Å². The van der Waals surface area contributed by atoms with Gasteiger partial charge in [0, 0.05) is 0 Å². The average Bonchev–Trinajstić information content (AvgIpc) is 2.90. The molecule has 0 atom stereocenters. The molecule has 194 valence electrons. The maximum Gasteiger partial charge on any atom is 0.343 e. The lowest BCUT2D eigenvalue weighted by atomic mass is 10.0. The Labute approximate surface area is 218 Å². The Hall–Kier alpha value is -2.81. The summed E-state index contributed by atoms with van der Waals surface area (Å²) in [7, 11) is 0. The van der Waals surface area contributed by atoms with Crippen molar-refractivity contribution in [2.24, 2.45) is 0 Å². The molecule has 0 aromatic heterocycles. The van der Waals surface area contributed by atoms with Crippen LogP contribution in [0.15, 0.2) is 60.7 Å². The van der Waals surface area contributed by atoms with E-state index in [1.165, 1.54) is 76.2 Å². The van der Waals surface area contributed by atoms with Crippen LogP contribution < -0.4 is 9.47 Å². The van der Waals surface area contributed by atoms with E-state index < -0.39 is 0 Å². The van der Waals surface area contributed by atoms with Crippen molar-refractivity contribution in [2.75, 3.05) is 6.61 Å². The van der Waals surface area contributed by atoms with Crippen LogP contribution in [0.2, 0.25) is 0 Å². The number of carbonyl (C=O) groups is 1. The quantitative estimate of drug-likeness (QED) is 0.108. The van der Waals surface area contributed by atoms with Crippen molar-refractivity contribution < 1.29 is 14.3 Å². The Morgan fingerprint density at radius 1 is 0.611 bits per heavy atom. The van der Waals surface area contributed by atoms with Gasteiger partial charge in [-0.15, -0.1) is 0 Å². The lowest BCUT2D eigenvalue weighted by Crippen LogP contribution is -2.08. The molecule has 0 N–H and O–H groups in total. The largest absolute Gasteiger partial charge is 0.494 e. The molecule has 0 saturated carbocycles. The zero-order valence-corrected chi connectivity index (χ0v) is 22.4. The number of benzene rings is 3. The molecule has 3 aromatic rings. The first-order valence-electron chi connectivity index (χ1n) is 14.2. The third-order valence-corrected chi connectivity index (χ3v) is 6.77. The van der Waals surface area contributed by atoms with Gasteiger partial charge in [0.1, 0.15) is 11.5 Å². The van der Waals surface area contributed by atoms with Gasteiger partial charge in [-0.25, -0.2) is 4.79 Å². The summed E-state index contributed by atoms with van der Waals surface area (Å²) in [6.45, 7) is 5.24. The van der Waals surface area contributed by atoms with Gasteiger partial charge in [-0.1, -0.05) is 102 Å². The lowest BCUT2D eigenvalue weighted by Gasteiger charge is -2.09. The van der Waals surface area contributed by atoms with Crippen molar-refractivity contribution in [3.8, 4) is 11.5 Å². The zero-order chi connectivity index (χ0) is 25.4. The van der Waals surface area contributed by atoms with E-state index in [1.807, 2.05) is 48.5 Å². The molecule has 0 amide bonds. The van der Waals surface area contributed by atoms with Gasteiger partial charge in [-0.2, -0.15) is 0 Å². The lowest BCUT2D eigenvalue weighted by molar-refractivity contribution is 0.0735. The molecule has 3 heteroatoms. The highest BCUT2D eigenvalue weighted by Crippen LogP contribution is 2.24. The second kappa shape index (κ2) is 16.0. The first kappa shape index (κ1) is 27.8. The Balaban J connectivity index is 1.45. The van der Waals surface area contributed by atoms with Crippen LogP contribution in [0.5, 0.6) is 11.5 Å². The van der Waals surface area contributed by atoms with Crippen molar-refractivity contribution >= 4 is 16.7 Å². The molecule has 3 aromatic carbocycles. The third kappa shape index (κ3) is 9.68. The molecule has 3 nitrogen and oxygen atoms in total. The van der Waals surface area contributed by atoms with Crippen LogP contribution in [0.25, 0.3) is 10.8 Å². The predicted octanol–water partition coefficient (Wildman–Crippen LogP) is 9.70. The van der Waals surface area contributed by atoms with Crippen LogP contribution in [0.1, 0.15) is 107 Å². The second-order valence-corrected chi connectivity index (χ2v) is 9.89. The maximum absolute atomic E-state index is 12.7. The van der Waals surface area contributed by atoms with E-state index in [0.717, 1.165) is 36.0 Å². The van der Waals surface area contributed by atoms with E-state index >= 15 is 0 Å². The average molecular weight is 489 g/mol. The van der Waals surface area contributed by atoms with Crippen LogP contribution in [0, 0.1) is 0 Å². The minimum Gasteiger partial charge on any atom is -0.494 e. The molecule has 36 heavy (non-hydrogen) atoms. The maximum atomic E-state index is 12.7. The second-order valence-electron chi connectivity index (χ2n) is 9.89. The molecule has 0 bridgehead atoms. The fourth-order valence-electron chi connectivity index (χ4n) is 4.51. The molecular formula is C33H44O3. The molecule has 0 spiro atoms. The predicted molar refractivity (Wildman–Crippen MR) is 151 cm³/mol. The van der Waals surface area contributed by atoms with Crippen LogP contribution in [-0.4, -0.2) is 12.6 Å². The summed E-state index contributed by atoms with van der Waals surface area (Å²) < 4.78 is 11.6. The van der Waals surface area contributed by atoms with Gasteiger partial charge in [-0.3, -0.25) is 0 Å². The van der Waals surface area contributed by atoms with Crippen molar-refractivity contribution in [1.82, 2.24) is 0 Å². The Morgan fingerprint density at radius 3 is 1.92 bits per heavy atom. The fraction of sp³-hybridized carbons (Fsp3) is 0.485.